The zero-order valence-electron chi connectivity index (χ0n) is 12.8. The highest BCUT2D eigenvalue weighted by Crippen LogP contribution is 2.27. The van der Waals surface area contributed by atoms with Crippen molar-refractivity contribution >= 4 is 34.1 Å². The fourth-order valence-electron chi connectivity index (χ4n) is 1.83. The molecule has 0 spiro atoms. The zero-order valence-corrected chi connectivity index (χ0v) is 13.6. The minimum Gasteiger partial charge on any atom is -0.480 e. The largest absolute Gasteiger partial charge is 0.480 e. The van der Waals surface area contributed by atoms with Gasteiger partial charge < -0.3 is 24.9 Å². The van der Waals surface area contributed by atoms with Gasteiger partial charge in [0.15, 0.2) is 5.76 Å². The fourth-order valence-corrected chi connectivity index (χ4v) is 2.81. The highest BCUT2D eigenvalue weighted by atomic mass is 32.1. The van der Waals surface area contributed by atoms with E-state index in [0.717, 1.165) is 16.9 Å². The second kappa shape index (κ2) is 8.27. The lowest BCUT2D eigenvalue weighted by Gasteiger charge is -2.04. The quantitative estimate of drug-likeness (QED) is 0.623. The zero-order chi connectivity index (χ0) is 17.5. The minimum absolute atomic E-state index is 0.102. The Labute approximate surface area is 141 Å². The molecule has 0 bridgehead atoms. The van der Waals surface area contributed by atoms with Crippen molar-refractivity contribution in [2.24, 2.45) is 0 Å². The number of anilines is 1. The molecule has 128 valence electrons. The lowest BCUT2D eigenvalue weighted by atomic mass is 10.3. The maximum Gasteiger partial charge on any atom is 0.329 e. The topological polar surface area (TPSA) is 118 Å². The van der Waals surface area contributed by atoms with Crippen LogP contribution in [0.5, 0.6) is 0 Å². The molecule has 0 saturated heterocycles. The number of thiophene rings is 1. The van der Waals surface area contributed by atoms with Gasteiger partial charge in [-0.3, -0.25) is 9.59 Å². The molecule has 2 heterocycles. The summed E-state index contributed by atoms with van der Waals surface area (Å²) in [7, 11) is 0. The Hall–Kier alpha value is -2.65. The third-order valence-electron chi connectivity index (χ3n) is 2.86. The van der Waals surface area contributed by atoms with Crippen molar-refractivity contribution in [1.29, 1.82) is 0 Å². The van der Waals surface area contributed by atoms with E-state index in [-0.39, 0.29) is 24.8 Å². The van der Waals surface area contributed by atoms with Crippen LogP contribution in [-0.2, 0) is 9.53 Å². The number of rotatable bonds is 8. The summed E-state index contributed by atoms with van der Waals surface area (Å²) in [6.07, 6.45) is 1.40. The van der Waals surface area contributed by atoms with Crippen LogP contribution in [0.3, 0.4) is 0 Å². The van der Waals surface area contributed by atoms with Crippen molar-refractivity contribution in [2.75, 3.05) is 25.1 Å². The van der Waals surface area contributed by atoms with Gasteiger partial charge in [-0.05, 0) is 30.7 Å². The average Bonchev–Trinajstić information content (AvgIpc) is 3.16. The van der Waals surface area contributed by atoms with Crippen molar-refractivity contribution in [3.63, 3.8) is 0 Å². The molecule has 2 aromatic heterocycles. The van der Waals surface area contributed by atoms with Crippen molar-refractivity contribution < 1.29 is 28.6 Å². The molecule has 0 aliphatic rings. The summed E-state index contributed by atoms with van der Waals surface area (Å²) >= 11 is 1.14. The maximum absolute atomic E-state index is 12.1. The first kappa shape index (κ1) is 17.7. The van der Waals surface area contributed by atoms with Crippen LogP contribution in [0.4, 0.5) is 5.00 Å². The predicted octanol–water partition coefficient (Wildman–Crippen LogP) is 1.73. The molecule has 0 saturated carbocycles. The molecule has 9 heteroatoms. The fraction of sp³-hybridized carbons (Fsp3) is 0.267. The van der Waals surface area contributed by atoms with E-state index in [1.165, 1.54) is 6.26 Å². The Kier molecular flexibility index (Phi) is 6.10. The summed E-state index contributed by atoms with van der Waals surface area (Å²) in [6.45, 7) is 1.65. The number of hydrogen-bond donors (Lipinski definition) is 3. The van der Waals surface area contributed by atoms with Gasteiger partial charge in [-0.1, -0.05) is 0 Å². The molecule has 0 fully saturated rings. The van der Waals surface area contributed by atoms with Crippen LogP contribution < -0.4 is 10.6 Å². The molecule has 8 nitrogen and oxygen atoms in total. The number of carbonyl (C=O) groups is 3. The van der Waals surface area contributed by atoms with E-state index in [9.17, 15) is 14.4 Å². The van der Waals surface area contributed by atoms with E-state index in [1.54, 1.807) is 25.1 Å². The minimum atomic E-state index is -1.06. The number of amides is 2. The molecular formula is C15H16N2O6S. The van der Waals surface area contributed by atoms with Crippen molar-refractivity contribution in [1.82, 2.24) is 5.32 Å². The number of ether oxygens (including phenoxy) is 1. The molecule has 0 radical (unpaired) electrons. The van der Waals surface area contributed by atoms with Crippen LogP contribution in [-0.4, -0.2) is 42.6 Å². The molecule has 0 aromatic carbocycles. The van der Waals surface area contributed by atoms with E-state index in [4.69, 9.17) is 14.3 Å². The Morgan fingerprint density at radius 2 is 2.12 bits per heavy atom. The molecule has 0 aliphatic carbocycles. The van der Waals surface area contributed by atoms with Crippen LogP contribution in [0.1, 0.15) is 25.8 Å². The Morgan fingerprint density at radius 1 is 1.33 bits per heavy atom. The molecule has 0 atom stereocenters. The van der Waals surface area contributed by atoms with Gasteiger partial charge in [-0.25, -0.2) is 4.79 Å². The summed E-state index contributed by atoms with van der Waals surface area (Å²) in [5.74, 6) is -1.58. The summed E-state index contributed by atoms with van der Waals surface area (Å²) in [5.41, 5.74) is 0.721. The van der Waals surface area contributed by atoms with Crippen LogP contribution in [0.25, 0.3) is 0 Å². The monoisotopic (exact) mass is 352 g/mol. The Bertz CT molecular complexity index is 722. The summed E-state index contributed by atoms with van der Waals surface area (Å²) in [5, 5.41) is 14.3. The molecule has 0 unspecified atom stereocenters. The van der Waals surface area contributed by atoms with Gasteiger partial charge in [0.05, 0.1) is 22.7 Å². The number of hydrogen-bond acceptors (Lipinski definition) is 6. The molecule has 0 aliphatic heterocycles. The van der Waals surface area contributed by atoms with Crippen molar-refractivity contribution in [3.05, 3.63) is 40.7 Å². The van der Waals surface area contributed by atoms with Crippen LogP contribution in [0.15, 0.2) is 28.9 Å². The van der Waals surface area contributed by atoms with Crippen molar-refractivity contribution in [3.8, 4) is 0 Å². The van der Waals surface area contributed by atoms with Crippen LogP contribution in [0, 0.1) is 6.92 Å². The highest BCUT2D eigenvalue weighted by Gasteiger charge is 2.16. The van der Waals surface area contributed by atoms with Gasteiger partial charge in [0.25, 0.3) is 11.8 Å². The van der Waals surface area contributed by atoms with Gasteiger partial charge in [0.2, 0.25) is 0 Å². The maximum atomic E-state index is 12.1. The number of nitrogens with one attached hydrogen (secondary N) is 2. The van der Waals surface area contributed by atoms with E-state index >= 15 is 0 Å². The smallest absolute Gasteiger partial charge is 0.329 e. The number of aliphatic carboxylic acids is 1. The second-order valence-electron chi connectivity index (χ2n) is 4.76. The molecule has 3 N–H and O–H groups in total. The Morgan fingerprint density at radius 3 is 2.79 bits per heavy atom. The SMILES string of the molecule is Cc1cc(NC(=O)c2ccco2)sc1C(=O)NCCOCC(=O)O. The standard InChI is InChI=1S/C15H16N2O6S/c1-9-7-11(17-14(20)10-3-2-5-23-10)24-13(9)15(21)16-4-6-22-8-12(18)19/h2-3,5,7H,4,6,8H2,1H3,(H,16,21)(H,17,20)(H,18,19). The Balaban J connectivity index is 1.87. The predicted molar refractivity (Wildman–Crippen MR) is 86.5 cm³/mol. The lowest BCUT2D eigenvalue weighted by molar-refractivity contribution is -0.142. The first-order valence-corrected chi connectivity index (χ1v) is 7.82. The molecule has 2 rings (SSSR count). The average molecular weight is 352 g/mol. The third kappa shape index (κ3) is 4.93. The van der Waals surface area contributed by atoms with Gasteiger partial charge in [0.1, 0.15) is 6.61 Å². The lowest BCUT2D eigenvalue weighted by Crippen LogP contribution is -2.27. The molecule has 2 amide bonds. The van der Waals surface area contributed by atoms with Gasteiger partial charge >= 0.3 is 5.97 Å². The summed E-state index contributed by atoms with van der Waals surface area (Å²) in [6, 6.07) is 4.85. The highest BCUT2D eigenvalue weighted by molar-refractivity contribution is 7.18. The normalized spacial score (nSPS) is 10.4. The van der Waals surface area contributed by atoms with Crippen LogP contribution >= 0.6 is 11.3 Å². The summed E-state index contributed by atoms with van der Waals surface area (Å²) < 4.78 is 9.84. The molecular weight excluding hydrogens is 336 g/mol. The van der Waals surface area contributed by atoms with E-state index in [2.05, 4.69) is 10.6 Å². The summed E-state index contributed by atoms with van der Waals surface area (Å²) in [4.78, 5) is 34.7. The van der Waals surface area contributed by atoms with E-state index in [0.29, 0.717) is 9.88 Å². The number of carbonyl (C=O) groups excluding carboxylic acids is 2. The number of carboxylic acids is 1. The second-order valence-corrected chi connectivity index (χ2v) is 5.81. The molecule has 2 aromatic rings. The third-order valence-corrected chi connectivity index (χ3v) is 4.01. The number of furan rings is 1. The van der Waals surface area contributed by atoms with Gasteiger partial charge in [-0.2, -0.15) is 0 Å². The first-order chi connectivity index (χ1) is 11.5. The van der Waals surface area contributed by atoms with Crippen LogP contribution in [0.2, 0.25) is 0 Å². The first-order valence-electron chi connectivity index (χ1n) is 7.00. The van der Waals surface area contributed by atoms with Crippen molar-refractivity contribution in [2.45, 2.75) is 6.92 Å². The van der Waals surface area contributed by atoms with Gasteiger partial charge in [-0.15, -0.1) is 11.3 Å². The van der Waals surface area contributed by atoms with E-state index in [1.807, 2.05) is 0 Å². The van der Waals surface area contributed by atoms with E-state index < -0.39 is 18.5 Å². The van der Waals surface area contributed by atoms with Gasteiger partial charge in [0, 0.05) is 6.54 Å². The number of carboxylic acid groups (broad SMARTS) is 1. The molecule has 24 heavy (non-hydrogen) atoms. The number of aryl methyl sites for hydroxylation is 1.